The van der Waals surface area contributed by atoms with Crippen LogP contribution in [0, 0.1) is 0 Å². The predicted molar refractivity (Wildman–Crippen MR) is 116 cm³/mol. The maximum atomic E-state index is 2.44. The molecule has 1 heteroatoms. The zero-order chi connectivity index (χ0) is 18.0. The highest BCUT2D eigenvalue weighted by Crippen LogP contribution is 2.41. The minimum atomic E-state index is 1.04. The lowest BCUT2D eigenvalue weighted by Crippen LogP contribution is -1.87. The Labute approximate surface area is 157 Å². The van der Waals surface area contributed by atoms with E-state index in [9.17, 15) is 0 Å². The van der Waals surface area contributed by atoms with Gasteiger partial charge in [0.1, 0.15) is 0 Å². The lowest BCUT2D eigenvalue weighted by molar-refractivity contribution is 1.14. The van der Waals surface area contributed by atoms with Crippen molar-refractivity contribution in [1.82, 2.24) is 4.40 Å². The van der Waals surface area contributed by atoms with Crippen molar-refractivity contribution in [2.45, 2.75) is 13.3 Å². The van der Waals surface area contributed by atoms with Crippen LogP contribution < -0.4 is 0 Å². The summed E-state index contributed by atoms with van der Waals surface area (Å²) >= 11 is 0. The Kier molecular flexibility index (Phi) is 2.93. The Morgan fingerprint density at radius 1 is 0.630 bits per heavy atom. The van der Waals surface area contributed by atoms with Crippen LogP contribution in [-0.4, -0.2) is 4.40 Å². The van der Waals surface area contributed by atoms with Gasteiger partial charge in [0.15, 0.2) is 0 Å². The number of fused-ring (bicyclic) bond motifs is 6. The molecule has 4 aromatic carbocycles. The molecule has 0 bridgehead atoms. The normalized spacial score (nSPS) is 12.0. The number of benzene rings is 4. The fourth-order valence-corrected chi connectivity index (χ4v) is 4.72. The van der Waals surface area contributed by atoms with Gasteiger partial charge in [-0.05, 0) is 47.4 Å². The highest BCUT2D eigenvalue weighted by Gasteiger charge is 2.18. The molecule has 0 aliphatic rings. The summed E-state index contributed by atoms with van der Waals surface area (Å²) in [6, 6.07) is 31.1. The molecule has 2 heterocycles. The van der Waals surface area contributed by atoms with Crippen molar-refractivity contribution in [3.63, 3.8) is 0 Å². The first kappa shape index (κ1) is 14.8. The molecule has 0 saturated heterocycles. The van der Waals surface area contributed by atoms with Gasteiger partial charge >= 0.3 is 0 Å². The average molecular weight is 345 g/mol. The van der Waals surface area contributed by atoms with Crippen LogP contribution in [0.3, 0.4) is 0 Å². The molecule has 0 aliphatic heterocycles. The highest BCUT2D eigenvalue weighted by atomic mass is 14.9. The molecule has 0 atom stereocenters. The Hall–Kier alpha value is -3.32. The number of aromatic nitrogens is 1. The molecule has 6 aromatic rings. The summed E-state index contributed by atoms with van der Waals surface area (Å²) in [6.07, 6.45) is 1.04. The molecule has 27 heavy (non-hydrogen) atoms. The van der Waals surface area contributed by atoms with E-state index < -0.39 is 0 Å². The quantitative estimate of drug-likeness (QED) is 0.316. The number of rotatable bonds is 2. The van der Waals surface area contributed by atoms with E-state index in [1.807, 2.05) is 0 Å². The van der Waals surface area contributed by atoms with Gasteiger partial charge in [-0.2, -0.15) is 0 Å². The van der Waals surface area contributed by atoms with E-state index in [0.717, 1.165) is 6.42 Å². The maximum absolute atomic E-state index is 2.44. The second kappa shape index (κ2) is 5.34. The van der Waals surface area contributed by atoms with Gasteiger partial charge in [0.2, 0.25) is 0 Å². The Morgan fingerprint density at radius 3 is 1.81 bits per heavy atom. The van der Waals surface area contributed by atoms with Crippen molar-refractivity contribution in [2.75, 3.05) is 0 Å². The third-order valence-electron chi connectivity index (χ3n) is 5.91. The van der Waals surface area contributed by atoms with Crippen molar-refractivity contribution in [2.24, 2.45) is 0 Å². The molecule has 0 spiro atoms. The zero-order valence-corrected chi connectivity index (χ0v) is 15.2. The maximum Gasteiger partial charge on any atom is 0.0620 e. The summed E-state index contributed by atoms with van der Waals surface area (Å²) in [5.74, 6) is 0. The molecule has 6 rings (SSSR count). The summed E-state index contributed by atoms with van der Waals surface area (Å²) in [4.78, 5) is 0. The number of hydrogen-bond acceptors (Lipinski definition) is 0. The minimum Gasteiger partial charge on any atom is -0.308 e. The Bertz CT molecular complexity index is 1370. The summed E-state index contributed by atoms with van der Waals surface area (Å²) in [5, 5.41) is 5.36. The Balaban J connectivity index is 1.87. The van der Waals surface area contributed by atoms with Crippen molar-refractivity contribution in [3.05, 3.63) is 90.5 Å². The molecule has 0 fully saturated rings. The third kappa shape index (κ3) is 1.89. The van der Waals surface area contributed by atoms with Crippen LogP contribution in [-0.2, 0) is 6.42 Å². The first-order valence-corrected chi connectivity index (χ1v) is 9.62. The number of aryl methyl sites for hydroxylation is 1. The molecule has 0 amide bonds. The van der Waals surface area contributed by atoms with Crippen molar-refractivity contribution < 1.29 is 0 Å². The number of nitrogens with zero attached hydrogens (tertiary/aromatic N) is 1. The van der Waals surface area contributed by atoms with Crippen LogP contribution in [0.2, 0.25) is 0 Å². The molecule has 128 valence electrons. The predicted octanol–water partition coefficient (Wildman–Crippen LogP) is 7.07. The fraction of sp³-hybridized carbons (Fsp3) is 0.0769. The fourth-order valence-electron chi connectivity index (χ4n) is 4.72. The summed E-state index contributed by atoms with van der Waals surface area (Å²) < 4.78 is 2.44. The van der Waals surface area contributed by atoms with E-state index in [0.29, 0.717) is 0 Å². The van der Waals surface area contributed by atoms with Gasteiger partial charge in [-0.25, -0.2) is 0 Å². The van der Waals surface area contributed by atoms with Gasteiger partial charge in [-0.3, -0.25) is 0 Å². The molecule has 0 N–H and O–H groups in total. The SMILES string of the molecule is CCc1ccccc1-c1cc2c3ccccc3n3c4ccccc4c(c1)c23. The third-order valence-corrected chi connectivity index (χ3v) is 5.91. The molecule has 2 aromatic heterocycles. The van der Waals surface area contributed by atoms with Crippen LogP contribution in [0.25, 0.3) is 49.2 Å². The summed E-state index contributed by atoms with van der Waals surface area (Å²) in [5.41, 5.74) is 7.99. The largest absolute Gasteiger partial charge is 0.308 e. The van der Waals surface area contributed by atoms with E-state index >= 15 is 0 Å². The lowest BCUT2D eigenvalue weighted by atomic mass is 9.95. The standard InChI is InChI=1S/C26H19N/c1-2-17-9-3-4-10-19(17)18-15-22-20-11-5-7-13-24(20)27-25-14-8-6-12-21(25)23(16-18)26(22)27/h3-16H,2H2,1H3. The second-order valence-electron chi connectivity index (χ2n) is 7.30. The average Bonchev–Trinajstić information content (AvgIpc) is 3.25. The minimum absolute atomic E-state index is 1.04. The van der Waals surface area contributed by atoms with Crippen molar-refractivity contribution >= 4 is 38.1 Å². The van der Waals surface area contributed by atoms with E-state index in [2.05, 4.69) is 96.3 Å². The molecule has 0 unspecified atom stereocenters. The van der Waals surface area contributed by atoms with Gasteiger partial charge in [-0.1, -0.05) is 67.6 Å². The smallest absolute Gasteiger partial charge is 0.0620 e. The first-order valence-electron chi connectivity index (χ1n) is 9.62. The van der Waals surface area contributed by atoms with E-state index in [1.54, 1.807) is 0 Å². The highest BCUT2D eigenvalue weighted by molar-refractivity contribution is 6.24. The molecule has 0 saturated carbocycles. The van der Waals surface area contributed by atoms with Gasteiger partial charge < -0.3 is 4.40 Å². The van der Waals surface area contributed by atoms with E-state index in [4.69, 9.17) is 0 Å². The van der Waals surface area contributed by atoms with Gasteiger partial charge in [0.25, 0.3) is 0 Å². The summed E-state index contributed by atoms with van der Waals surface area (Å²) in [6.45, 7) is 2.23. The van der Waals surface area contributed by atoms with Gasteiger partial charge in [0, 0.05) is 21.5 Å². The zero-order valence-electron chi connectivity index (χ0n) is 15.2. The molecule has 1 nitrogen and oxygen atoms in total. The van der Waals surface area contributed by atoms with Crippen LogP contribution in [0.5, 0.6) is 0 Å². The molecular formula is C26H19N. The van der Waals surface area contributed by atoms with Crippen LogP contribution in [0.1, 0.15) is 12.5 Å². The number of hydrogen-bond donors (Lipinski definition) is 0. The first-order chi connectivity index (χ1) is 13.4. The molecular weight excluding hydrogens is 326 g/mol. The van der Waals surface area contributed by atoms with Crippen molar-refractivity contribution in [3.8, 4) is 11.1 Å². The van der Waals surface area contributed by atoms with Crippen molar-refractivity contribution in [1.29, 1.82) is 0 Å². The number of para-hydroxylation sites is 2. The van der Waals surface area contributed by atoms with Crippen LogP contribution >= 0.6 is 0 Å². The second-order valence-corrected chi connectivity index (χ2v) is 7.30. The van der Waals surface area contributed by atoms with Gasteiger partial charge in [0.05, 0.1) is 16.6 Å². The van der Waals surface area contributed by atoms with E-state index in [1.165, 1.54) is 54.8 Å². The Morgan fingerprint density at radius 2 is 1.19 bits per heavy atom. The topological polar surface area (TPSA) is 4.41 Å². The van der Waals surface area contributed by atoms with Gasteiger partial charge in [-0.15, -0.1) is 0 Å². The van der Waals surface area contributed by atoms with Crippen LogP contribution in [0.4, 0.5) is 0 Å². The van der Waals surface area contributed by atoms with Crippen LogP contribution in [0.15, 0.2) is 84.9 Å². The monoisotopic (exact) mass is 345 g/mol. The molecule has 0 aliphatic carbocycles. The van der Waals surface area contributed by atoms with E-state index in [-0.39, 0.29) is 0 Å². The summed E-state index contributed by atoms with van der Waals surface area (Å²) in [7, 11) is 0. The molecule has 0 radical (unpaired) electrons. The lowest BCUT2D eigenvalue weighted by Gasteiger charge is -2.09.